The van der Waals surface area contributed by atoms with Crippen LogP contribution >= 0.6 is 0 Å². The molecule has 1 saturated heterocycles. The number of nitrogens with zero attached hydrogens (tertiary/aromatic N) is 3. The van der Waals surface area contributed by atoms with Gasteiger partial charge in [0.2, 0.25) is 12.1 Å². The summed E-state index contributed by atoms with van der Waals surface area (Å²) in [6.45, 7) is 9.94. The molecule has 140 valence electrons. The fourth-order valence-corrected chi connectivity index (χ4v) is 4.07. The minimum Gasteiger partial charge on any atom is -0.376 e. The Morgan fingerprint density at radius 1 is 1.37 bits per heavy atom. The first-order valence-corrected chi connectivity index (χ1v) is 9.51. The molecule has 5 nitrogen and oxygen atoms in total. The van der Waals surface area contributed by atoms with Crippen molar-refractivity contribution in [1.29, 1.82) is 0 Å². The van der Waals surface area contributed by atoms with Gasteiger partial charge in [0.25, 0.3) is 0 Å². The quantitative estimate of drug-likeness (QED) is 0.496. The van der Waals surface area contributed by atoms with Gasteiger partial charge in [-0.15, -0.1) is 0 Å². The molecular formula is C22H26N3O2+. The number of ketones is 1. The van der Waals surface area contributed by atoms with Gasteiger partial charge in [-0.1, -0.05) is 18.7 Å². The number of fused-ring (bicyclic) bond motifs is 1. The van der Waals surface area contributed by atoms with Gasteiger partial charge in [0.05, 0.1) is 12.3 Å². The molecule has 1 fully saturated rings. The van der Waals surface area contributed by atoms with E-state index in [-0.39, 0.29) is 11.9 Å². The molecule has 4 rings (SSSR count). The van der Waals surface area contributed by atoms with Crippen LogP contribution in [0.4, 0.5) is 0 Å². The Hall–Kier alpha value is -2.66. The van der Waals surface area contributed by atoms with Crippen molar-refractivity contribution in [2.45, 2.75) is 45.9 Å². The second kappa shape index (κ2) is 7.16. The summed E-state index contributed by atoms with van der Waals surface area (Å²) in [6.07, 6.45) is 6.17. The summed E-state index contributed by atoms with van der Waals surface area (Å²) in [7, 11) is 0. The van der Waals surface area contributed by atoms with E-state index in [2.05, 4.69) is 18.1 Å². The van der Waals surface area contributed by atoms with Gasteiger partial charge >= 0.3 is 0 Å². The molecule has 0 saturated carbocycles. The van der Waals surface area contributed by atoms with E-state index < -0.39 is 0 Å². The maximum Gasteiger partial charge on any atom is 0.249 e. The zero-order valence-corrected chi connectivity index (χ0v) is 16.0. The van der Waals surface area contributed by atoms with Crippen LogP contribution in [0.5, 0.6) is 0 Å². The first kappa shape index (κ1) is 17.7. The third-order valence-corrected chi connectivity index (χ3v) is 5.53. The van der Waals surface area contributed by atoms with Crippen molar-refractivity contribution >= 4 is 23.0 Å². The maximum absolute atomic E-state index is 13.1. The molecule has 0 unspecified atom stereocenters. The molecule has 1 aromatic carbocycles. The predicted molar refractivity (Wildman–Crippen MR) is 106 cm³/mol. The highest BCUT2D eigenvalue weighted by Crippen LogP contribution is 2.21. The Kier molecular flexibility index (Phi) is 4.70. The molecule has 27 heavy (non-hydrogen) atoms. The highest BCUT2D eigenvalue weighted by atomic mass is 16.5. The van der Waals surface area contributed by atoms with E-state index in [1.165, 1.54) is 0 Å². The van der Waals surface area contributed by atoms with Gasteiger partial charge in [-0.3, -0.25) is 4.79 Å². The van der Waals surface area contributed by atoms with Crippen molar-refractivity contribution in [1.82, 2.24) is 9.13 Å². The van der Waals surface area contributed by atoms with E-state index in [0.29, 0.717) is 6.54 Å². The Morgan fingerprint density at radius 2 is 2.19 bits per heavy atom. The molecule has 0 spiro atoms. The van der Waals surface area contributed by atoms with Crippen LogP contribution in [0.3, 0.4) is 0 Å². The molecule has 1 aliphatic rings. The number of hydrogen-bond acceptors (Lipinski definition) is 2. The topological polar surface area (TPSA) is 40.0 Å². The Balaban J connectivity index is 1.61. The van der Waals surface area contributed by atoms with Crippen molar-refractivity contribution < 1.29 is 14.1 Å². The lowest BCUT2D eigenvalue weighted by atomic mass is 10.1. The van der Waals surface area contributed by atoms with Gasteiger partial charge in [-0.05, 0) is 44.9 Å². The van der Waals surface area contributed by atoms with E-state index in [1.54, 1.807) is 6.20 Å². The first-order valence-electron chi connectivity index (χ1n) is 9.51. The van der Waals surface area contributed by atoms with Gasteiger partial charge in [-0.25, -0.2) is 9.13 Å². The van der Waals surface area contributed by atoms with Gasteiger partial charge < -0.3 is 9.30 Å². The van der Waals surface area contributed by atoms with E-state index >= 15 is 0 Å². The number of aromatic nitrogens is 3. The molecule has 0 N–H and O–H groups in total. The lowest BCUT2D eigenvalue weighted by Crippen LogP contribution is -2.36. The van der Waals surface area contributed by atoms with E-state index in [9.17, 15) is 4.79 Å². The number of hydrogen-bond donors (Lipinski definition) is 0. The largest absolute Gasteiger partial charge is 0.376 e. The average molecular weight is 364 g/mol. The van der Waals surface area contributed by atoms with E-state index in [4.69, 9.17) is 4.74 Å². The number of imidazole rings is 1. The number of aryl methyl sites for hydroxylation is 1. The van der Waals surface area contributed by atoms with Crippen molar-refractivity contribution in [2.24, 2.45) is 0 Å². The maximum atomic E-state index is 13.1. The van der Waals surface area contributed by atoms with Crippen LogP contribution in [-0.2, 0) is 17.8 Å². The number of carbonyl (C=O) groups excluding carboxylic acids is 1. The van der Waals surface area contributed by atoms with Gasteiger partial charge in [-0.2, -0.15) is 0 Å². The Bertz CT molecular complexity index is 1010. The summed E-state index contributed by atoms with van der Waals surface area (Å²) in [5, 5.41) is 0. The van der Waals surface area contributed by atoms with Crippen molar-refractivity contribution in [3.63, 3.8) is 0 Å². The van der Waals surface area contributed by atoms with Crippen LogP contribution in [0.25, 0.3) is 17.2 Å². The van der Waals surface area contributed by atoms with E-state index in [0.717, 1.165) is 54.0 Å². The standard InChI is InChI=1S/C22H26N3O2/c1-4-23-15-24(21-10-6-5-9-20(21)23)14-22(26)19-12-16(2)25(17(19)3)13-18-8-7-11-27-18/h4-6,9-10,12,15,18H,1,7-8,11,13-14H2,2-3H3/q+1/t18-/m0/s1. The monoisotopic (exact) mass is 364 g/mol. The van der Waals surface area contributed by atoms with Gasteiger partial charge in [0.1, 0.15) is 0 Å². The molecule has 3 heterocycles. The van der Waals surface area contributed by atoms with Gasteiger partial charge in [0, 0.05) is 30.1 Å². The Morgan fingerprint density at radius 3 is 2.93 bits per heavy atom. The van der Waals surface area contributed by atoms with Crippen LogP contribution in [0.15, 0.2) is 43.2 Å². The summed E-state index contributed by atoms with van der Waals surface area (Å²) in [5.41, 5.74) is 5.02. The van der Waals surface area contributed by atoms with Gasteiger partial charge in [0.15, 0.2) is 17.6 Å². The van der Waals surface area contributed by atoms with Crippen LogP contribution < -0.4 is 4.57 Å². The molecule has 3 aromatic rings. The lowest BCUT2D eigenvalue weighted by Gasteiger charge is -2.14. The van der Waals surface area contributed by atoms with Crippen LogP contribution in [-0.4, -0.2) is 27.6 Å². The number of rotatable bonds is 6. The summed E-state index contributed by atoms with van der Waals surface area (Å²) < 4.78 is 11.9. The molecule has 0 aliphatic carbocycles. The second-order valence-corrected chi connectivity index (χ2v) is 7.28. The summed E-state index contributed by atoms with van der Waals surface area (Å²) in [4.78, 5) is 13.1. The number of carbonyl (C=O) groups is 1. The molecule has 2 aromatic heterocycles. The average Bonchev–Trinajstić information content (AvgIpc) is 3.37. The van der Waals surface area contributed by atoms with Crippen molar-refractivity contribution in [3.05, 3.63) is 60.2 Å². The van der Waals surface area contributed by atoms with Crippen LogP contribution in [0.2, 0.25) is 0 Å². The molecule has 0 bridgehead atoms. The smallest absolute Gasteiger partial charge is 0.249 e. The summed E-state index contributed by atoms with van der Waals surface area (Å²) >= 11 is 0. The Labute approximate surface area is 159 Å². The molecule has 5 heteroatoms. The van der Waals surface area contributed by atoms with Crippen LogP contribution in [0, 0.1) is 13.8 Å². The minimum absolute atomic E-state index is 0.124. The SMILES string of the molecule is C=Cn1c[n+](CC(=O)c2cc(C)n(C[C@@H]3CCCO3)c2C)c2ccccc21. The molecule has 1 atom stereocenters. The number of Topliss-reactive ketones (excluding diaryl/α,β-unsaturated/α-hetero) is 1. The normalized spacial score (nSPS) is 16.9. The van der Waals surface area contributed by atoms with Crippen LogP contribution in [0.1, 0.15) is 34.6 Å². The predicted octanol–water partition coefficient (Wildman–Crippen LogP) is 3.51. The van der Waals surface area contributed by atoms with Crippen molar-refractivity contribution in [3.8, 4) is 0 Å². The van der Waals surface area contributed by atoms with E-state index in [1.807, 2.05) is 52.7 Å². The number of benzene rings is 1. The number of ether oxygens (including phenoxy) is 1. The molecule has 1 aliphatic heterocycles. The molecule has 0 amide bonds. The fourth-order valence-electron chi connectivity index (χ4n) is 4.07. The third kappa shape index (κ3) is 3.23. The zero-order chi connectivity index (χ0) is 19.0. The number of para-hydroxylation sites is 2. The second-order valence-electron chi connectivity index (χ2n) is 7.28. The zero-order valence-electron chi connectivity index (χ0n) is 16.0. The highest BCUT2D eigenvalue weighted by molar-refractivity contribution is 5.96. The van der Waals surface area contributed by atoms with Crippen molar-refractivity contribution in [2.75, 3.05) is 6.61 Å². The lowest BCUT2D eigenvalue weighted by molar-refractivity contribution is -0.657. The molecule has 0 radical (unpaired) electrons. The third-order valence-electron chi connectivity index (χ3n) is 5.53. The summed E-state index contributed by atoms with van der Waals surface area (Å²) in [5.74, 6) is 0.124. The fraction of sp³-hybridized carbons (Fsp3) is 0.364. The minimum atomic E-state index is 0.124. The summed E-state index contributed by atoms with van der Waals surface area (Å²) in [6, 6.07) is 10.1. The molecular weight excluding hydrogens is 338 g/mol. The highest BCUT2D eigenvalue weighted by Gasteiger charge is 2.23. The first-order chi connectivity index (χ1) is 13.1.